The average molecular weight is 452 g/mol. The minimum absolute atomic E-state index is 0.0409. The Labute approximate surface area is 194 Å². The zero-order valence-corrected chi connectivity index (χ0v) is 20.7. The van der Waals surface area contributed by atoms with Gasteiger partial charge in [-0.1, -0.05) is 81.4 Å². The largest absolute Gasteiger partial charge is 0.407 e. The van der Waals surface area contributed by atoms with E-state index >= 15 is 0 Å². The minimum Gasteiger partial charge on any atom is -0.407 e. The molecule has 0 saturated carbocycles. The van der Waals surface area contributed by atoms with Crippen molar-refractivity contribution in [1.82, 2.24) is 4.90 Å². The van der Waals surface area contributed by atoms with E-state index in [0.717, 1.165) is 25.9 Å². The standard InChI is InChI=1S/C26H37N3O2Si/c1-26(2,3)32(22-11-6-4-7-12-22,23-13-8-5-9-14-23)31-18-10-15-24(28)25(21-27)29-16-19-30-20-17-29/h4-9,11-14,24-25H,10,15-20,28H2,1-3H3/t24-,25+/m0/s1. The summed E-state index contributed by atoms with van der Waals surface area (Å²) >= 11 is 0. The van der Waals surface area contributed by atoms with Gasteiger partial charge in [-0.25, -0.2) is 0 Å². The van der Waals surface area contributed by atoms with Gasteiger partial charge in [-0.3, -0.25) is 4.90 Å². The minimum atomic E-state index is -2.52. The second kappa shape index (κ2) is 11.2. The number of hydrogen-bond acceptors (Lipinski definition) is 5. The van der Waals surface area contributed by atoms with Crippen LogP contribution in [0.1, 0.15) is 33.6 Å². The van der Waals surface area contributed by atoms with Crippen molar-refractivity contribution in [3.63, 3.8) is 0 Å². The molecular formula is C26H37N3O2Si. The molecule has 0 unspecified atom stereocenters. The Morgan fingerprint density at radius 2 is 1.56 bits per heavy atom. The number of ether oxygens (including phenoxy) is 1. The fourth-order valence-corrected chi connectivity index (χ4v) is 9.37. The van der Waals surface area contributed by atoms with Crippen molar-refractivity contribution >= 4 is 18.7 Å². The smallest absolute Gasteiger partial charge is 0.261 e. The van der Waals surface area contributed by atoms with Crippen LogP contribution < -0.4 is 16.1 Å². The summed E-state index contributed by atoms with van der Waals surface area (Å²) in [7, 11) is -2.52. The Bertz CT molecular complexity index is 819. The molecule has 1 saturated heterocycles. The van der Waals surface area contributed by atoms with Gasteiger partial charge in [0.25, 0.3) is 8.32 Å². The van der Waals surface area contributed by atoms with Gasteiger partial charge in [-0.05, 0) is 28.3 Å². The number of nitrogens with two attached hydrogens (primary N) is 1. The molecule has 2 N–H and O–H groups in total. The van der Waals surface area contributed by atoms with Gasteiger partial charge in [0.2, 0.25) is 0 Å². The first kappa shape index (κ1) is 24.6. The fourth-order valence-electron chi connectivity index (χ4n) is 4.77. The zero-order chi connectivity index (χ0) is 23.0. The van der Waals surface area contributed by atoms with E-state index in [0.29, 0.717) is 19.8 Å². The molecule has 3 rings (SSSR count). The van der Waals surface area contributed by atoms with Crippen LogP contribution in [-0.4, -0.2) is 58.2 Å². The lowest BCUT2D eigenvalue weighted by molar-refractivity contribution is 0.0218. The summed E-state index contributed by atoms with van der Waals surface area (Å²) < 4.78 is 12.4. The molecule has 0 aliphatic carbocycles. The molecule has 172 valence electrons. The van der Waals surface area contributed by atoms with Crippen LogP contribution in [0, 0.1) is 11.3 Å². The number of nitrogens with zero attached hydrogens (tertiary/aromatic N) is 2. The van der Waals surface area contributed by atoms with Crippen LogP contribution in [0.25, 0.3) is 0 Å². The van der Waals surface area contributed by atoms with Crippen molar-refractivity contribution in [1.29, 1.82) is 5.26 Å². The molecule has 0 aromatic heterocycles. The van der Waals surface area contributed by atoms with E-state index in [9.17, 15) is 5.26 Å². The van der Waals surface area contributed by atoms with Crippen molar-refractivity contribution in [2.45, 2.75) is 50.7 Å². The van der Waals surface area contributed by atoms with Crippen LogP contribution in [0.4, 0.5) is 0 Å². The number of morpholine rings is 1. The molecule has 0 amide bonds. The second-order valence-corrected chi connectivity index (χ2v) is 13.8. The van der Waals surface area contributed by atoms with Gasteiger partial charge in [0.05, 0.1) is 19.3 Å². The summed E-state index contributed by atoms with van der Waals surface area (Å²) in [4.78, 5) is 2.15. The van der Waals surface area contributed by atoms with E-state index in [4.69, 9.17) is 14.9 Å². The zero-order valence-electron chi connectivity index (χ0n) is 19.7. The summed E-state index contributed by atoms with van der Waals surface area (Å²) in [5.74, 6) is 0. The van der Waals surface area contributed by atoms with Gasteiger partial charge < -0.3 is 14.9 Å². The van der Waals surface area contributed by atoms with E-state index < -0.39 is 8.32 Å². The SMILES string of the molecule is CC(C)(C)[Si](OCCC[C@H](N)[C@@H](C#N)N1CCOCC1)(c1ccccc1)c1ccccc1. The average Bonchev–Trinajstić information content (AvgIpc) is 2.81. The molecule has 1 heterocycles. The molecule has 0 spiro atoms. The molecule has 1 aliphatic heterocycles. The third-order valence-corrected chi connectivity index (χ3v) is 11.4. The van der Waals surface area contributed by atoms with Crippen LogP contribution in [0.5, 0.6) is 0 Å². The fraction of sp³-hybridized carbons (Fsp3) is 0.500. The normalized spacial score (nSPS) is 17.5. The van der Waals surface area contributed by atoms with Crippen molar-refractivity contribution in [2.24, 2.45) is 5.73 Å². The van der Waals surface area contributed by atoms with E-state index in [-0.39, 0.29) is 17.1 Å². The van der Waals surface area contributed by atoms with E-state index in [1.54, 1.807) is 0 Å². The van der Waals surface area contributed by atoms with Gasteiger partial charge in [-0.2, -0.15) is 5.26 Å². The van der Waals surface area contributed by atoms with Crippen molar-refractivity contribution < 1.29 is 9.16 Å². The predicted octanol–water partition coefficient (Wildman–Crippen LogP) is 2.89. The monoisotopic (exact) mass is 451 g/mol. The highest BCUT2D eigenvalue weighted by Crippen LogP contribution is 2.36. The van der Waals surface area contributed by atoms with Crippen LogP contribution in [0.15, 0.2) is 60.7 Å². The maximum atomic E-state index is 9.70. The molecule has 2 aromatic rings. The number of benzene rings is 2. The molecule has 1 aliphatic rings. The topological polar surface area (TPSA) is 71.5 Å². The first-order chi connectivity index (χ1) is 15.4. The quantitative estimate of drug-likeness (QED) is 0.469. The van der Waals surface area contributed by atoms with Gasteiger partial charge in [-0.15, -0.1) is 0 Å². The highest BCUT2D eigenvalue weighted by atomic mass is 28.4. The lowest BCUT2D eigenvalue weighted by Crippen LogP contribution is -2.66. The molecular weight excluding hydrogens is 414 g/mol. The summed E-state index contributed by atoms with van der Waals surface area (Å²) in [6.07, 6.45) is 1.59. The Morgan fingerprint density at radius 3 is 2.03 bits per heavy atom. The first-order valence-electron chi connectivity index (χ1n) is 11.6. The highest BCUT2D eigenvalue weighted by molar-refractivity contribution is 6.99. The molecule has 5 nitrogen and oxygen atoms in total. The van der Waals surface area contributed by atoms with Gasteiger partial charge in [0.1, 0.15) is 6.04 Å². The maximum Gasteiger partial charge on any atom is 0.261 e. The molecule has 2 aromatic carbocycles. The predicted molar refractivity (Wildman–Crippen MR) is 133 cm³/mol. The maximum absolute atomic E-state index is 9.70. The van der Waals surface area contributed by atoms with Crippen LogP contribution in [-0.2, 0) is 9.16 Å². The Kier molecular flexibility index (Phi) is 8.63. The van der Waals surface area contributed by atoms with Crippen LogP contribution in [0.2, 0.25) is 5.04 Å². The summed E-state index contributed by atoms with van der Waals surface area (Å²) in [5.41, 5.74) is 6.47. The lowest BCUT2D eigenvalue weighted by Gasteiger charge is -2.43. The molecule has 6 heteroatoms. The number of nitriles is 1. The molecule has 32 heavy (non-hydrogen) atoms. The molecule has 0 radical (unpaired) electrons. The van der Waals surface area contributed by atoms with E-state index in [1.165, 1.54) is 10.4 Å². The Balaban J connectivity index is 1.74. The van der Waals surface area contributed by atoms with Gasteiger partial charge in [0, 0.05) is 25.7 Å². The second-order valence-electron chi connectivity index (χ2n) is 9.54. The van der Waals surface area contributed by atoms with Crippen molar-refractivity contribution in [3.05, 3.63) is 60.7 Å². The summed E-state index contributed by atoms with van der Waals surface area (Å²) in [5, 5.41) is 12.2. The first-order valence-corrected chi connectivity index (χ1v) is 13.5. The highest BCUT2D eigenvalue weighted by Gasteiger charge is 2.50. The van der Waals surface area contributed by atoms with Crippen LogP contribution in [0.3, 0.4) is 0 Å². The Hall–Kier alpha value is -2.01. The third kappa shape index (κ3) is 5.48. The lowest BCUT2D eigenvalue weighted by atomic mass is 10.0. The number of rotatable bonds is 9. The summed E-state index contributed by atoms with van der Waals surface area (Å²) in [6.45, 7) is 10.4. The third-order valence-electron chi connectivity index (χ3n) is 6.39. The molecule has 2 atom stereocenters. The Morgan fingerprint density at radius 1 is 1.03 bits per heavy atom. The van der Waals surface area contributed by atoms with E-state index in [2.05, 4.69) is 92.4 Å². The van der Waals surface area contributed by atoms with Gasteiger partial charge >= 0.3 is 0 Å². The van der Waals surface area contributed by atoms with Crippen molar-refractivity contribution in [2.75, 3.05) is 32.9 Å². The van der Waals surface area contributed by atoms with Crippen molar-refractivity contribution in [3.8, 4) is 6.07 Å². The summed E-state index contributed by atoms with van der Waals surface area (Å²) in [6, 6.07) is 23.3. The van der Waals surface area contributed by atoms with Crippen LogP contribution >= 0.6 is 0 Å². The van der Waals surface area contributed by atoms with Gasteiger partial charge in [0.15, 0.2) is 0 Å². The van der Waals surface area contributed by atoms with E-state index in [1.807, 2.05) is 0 Å². The number of hydrogen-bond donors (Lipinski definition) is 1. The molecule has 0 bridgehead atoms. The molecule has 1 fully saturated rings.